The van der Waals surface area contributed by atoms with E-state index in [0.717, 1.165) is 54.1 Å². The normalized spacial score (nSPS) is 13.8. The van der Waals surface area contributed by atoms with Crippen molar-refractivity contribution in [2.24, 2.45) is 5.73 Å². The van der Waals surface area contributed by atoms with E-state index in [0.29, 0.717) is 18.1 Å². The molecule has 0 bridgehead atoms. The second-order valence-electron chi connectivity index (χ2n) is 7.22. The van der Waals surface area contributed by atoms with Crippen LogP contribution < -0.4 is 11.1 Å². The highest BCUT2D eigenvalue weighted by Crippen LogP contribution is 2.46. The average molecular weight is 379 g/mol. The highest BCUT2D eigenvalue weighted by molar-refractivity contribution is 5.95. The van der Waals surface area contributed by atoms with Gasteiger partial charge in [-0.2, -0.15) is 0 Å². The SMILES string of the molecule is COCCCNc1nccn2c(-c3ccc(C(N)=O)c(C)c3C3CC3)cnc12. The maximum Gasteiger partial charge on any atom is 0.248 e. The summed E-state index contributed by atoms with van der Waals surface area (Å²) in [5, 5.41) is 3.34. The number of anilines is 1. The maximum absolute atomic E-state index is 11.8. The number of methoxy groups -OCH3 is 1. The Morgan fingerprint density at radius 3 is 2.89 bits per heavy atom. The van der Waals surface area contributed by atoms with E-state index in [1.165, 1.54) is 5.56 Å². The average Bonchev–Trinajstić information content (AvgIpc) is 3.42. The van der Waals surface area contributed by atoms with E-state index in [1.54, 1.807) is 13.3 Å². The van der Waals surface area contributed by atoms with Crippen LogP contribution in [0.4, 0.5) is 5.82 Å². The van der Waals surface area contributed by atoms with E-state index in [9.17, 15) is 4.79 Å². The van der Waals surface area contributed by atoms with E-state index in [1.807, 2.05) is 31.5 Å². The molecule has 0 unspecified atom stereocenters. The Kier molecular flexibility index (Phi) is 5.00. The van der Waals surface area contributed by atoms with E-state index < -0.39 is 0 Å². The predicted molar refractivity (Wildman–Crippen MR) is 109 cm³/mol. The number of carbonyl (C=O) groups excluding carboxylic acids is 1. The second kappa shape index (κ2) is 7.59. The zero-order valence-electron chi connectivity index (χ0n) is 16.2. The summed E-state index contributed by atoms with van der Waals surface area (Å²) in [5.41, 5.74) is 11.3. The van der Waals surface area contributed by atoms with Crippen molar-refractivity contribution in [2.75, 3.05) is 25.6 Å². The number of amides is 1. The Morgan fingerprint density at radius 1 is 1.36 bits per heavy atom. The molecule has 7 nitrogen and oxygen atoms in total. The molecule has 1 amide bonds. The van der Waals surface area contributed by atoms with Crippen molar-refractivity contribution >= 4 is 17.4 Å². The van der Waals surface area contributed by atoms with Crippen LogP contribution in [0.15, 0.2) is 30.7 Å². The molecule has 1 aliphatic carbocycles. The van der Waals surface area contributed by atoms with Gasteiger partial charge in [-0.05, 0) is 49.3 Å². The topological polar surface area (TPSA) is 94.5 Å². The smallest absolute Gasteiger partial charge is 0.248 e. The molecule has 1 aliphatic rings. The lowest BCUT2D eigenvalue weighted by Crippen LogP contribution is -2.14. The lowest BCUT2D eigenvalue weighted by atomic mass is 9.92. The number of aromatic nitrogens is 3. The summed E-state index contributed by atoms with van der Waals surface area (Å²) in [7, 11) is 1.70. The van der Waals surface area contributed by atoms with Crippen molar-refractivity contribution in [3.05, 3.63) is 47.4 Å². The summed E-state index contributed by atoms with van der Waals surface area (Å²) in [4.78, 5) is 20.9. The molecule has 1 fully saturated rings. The fraction of sp³-hybridized carbons (Fsp3) is 0.381. The molecule has 7 heteroatoms. The number of fused-ring (bicyclic) bond motifs is 1. The largest absolute Gasteiger partial charge is 0.385 e. The quantitative estimate of drug-likeness (QED) is 0.587. The first-order valence-corrected chi connectivity index (χ1v) is 9.60. The predicted octanol–water partition coefficient (Wildman–Crippen LogP) is 3.13. The molecule has 4 rings (SSSR count). The van der Waals surface area contributed by atoms with Gasteiger partial charge in [-0.25, -0.2) is 9.97 Å². The molecule has 1 saturated carbocycles. The van der Waals surface area contributed by atoms with Crippen LogP contribution in [0.25, 0.3) is 16.9 Å². The van der Waals surface area contributed by atoms with E-state index in [-0.39, 0.29) is 5.91 Å². The number of carbonyl (C=O) groups is 1. The van der Waals surface area contributed by atoms with Crippen LogP contribution in [-0.4, -0.2) is 40.5 Å². The van der Waals surface area contributed by atoms with Crippen molar-refractivity contribution in [1.29, 1.82) is 0 Å². The van der Waals surface area contributed by atoms with Gasteiger partial charge >= 0.3 is 0 Å². The molecule has 2 heterocycles. The van der Waals surface area contributed by atoms with Gasteiger partial charge in [0.1, 0.15) is 0 Å². The van der Waals surface area contributed by atoms with Gasteiger partial charge in [0.25, 0.3) is 0 Å². The maximum atomic E-state index is 11.8. The summed E-state index contributed by atoms with van der Waals surface area (Å²) < 4.78 is 7.15. The molecule has 1 aromatic carbocycles. The Hall–Kier alpha value is -2.93. The molecule has 0 spiro atoms. The van der Waals surface area contributed by atoms with Gasteiger partial charge in [0.05, 0.1) is 11.9 Å². The standard InChI is InChI=1S/C21H25N5O2/c1-13-15(19(22)27)6-7-16(18(13)14-4-5-14)17-12-25-21-20(23-8-3-11-28-2)24-9-10-26(17)21/h6-7,9-10,12,14H,3-5,8,11H2,1-2H3,(H2,22,27)(H,23,24). The number of hydrogen-bond acceptors (Lipinski definition) is 5. The number of nitrogens with zero attached hydrogens (tertiary/aromatic N) is 3. The third-order valence-corrected chi connectivity index (χ3v) is 5.29. The first-order valence-electron chi connectivity index (χ1n) is 9.60. The molecule has 0 radical (unpaired) electrons. The minimum atomic E-state index is -0.379. The number of ether oxygens (including phenoxy) is 1. The molecule has 3 aromatic rings. The Morgan fingerprint density at radius 2 is 2.18 bits per heavy atom. The van der Waals surface area contributed by atoms with Crippen molar-refractivity contribution in [2.45, 2.75) is 32.1 Å². The molecular formula is C21H25N5O2. The van der Waals surface area contributed by atoms with Gasteiger partial charge in [0.15, 0.2) is 11.5 Å². The Labute approximate surface area is 163 Å². The molecule has 2 aromatic heterocycles. The highest BCUT2D eigenvalue weighted by atomic mass is 16.5. The summed E-state index contributed by atoms with van der Waals surface area (Å²) in [5.74, 6) is 0.854. The zero-order valence-corrected chi connectivity index (χ0v) is 16.2. The summed E-state index contributed by atoms with van der Waals surface area (Å²) >= 11 is 0. The van der Waals surface area contributed by atoms with Crippen LogP contribution in [0.3, 0.4) is 0 Å². The highest BCUT2D eigenvalue weighted by Gasteiger charge is 2.30. The first-order chi connectivity index (χ1) is 13.6. The number of primary amides is 1. The molecule has 0 saturated heterocycles. The minimum Gasteiger partial charge on any atom is -0.385 e. The van der Waals surface area contributed by atoms with Crippen LogP contribution in [0.2, 0.25) is 0 Å². The summed E-state index contributed by atoms with van der Waals surface area (Å²) in [6, 6.07) is 3.82. The van der Waals surface area contributed by atoms with Crippen LogP contribution in [0.1, 0.15) is 46.7 Å². The number of hydrogen-bond donors (Lipinski definition) is 2. The van der Waals surface area contributed by atoms with E-state index >= 15 is 0 Å². The van der Waals surface area contributed by atoms with Crippen molar-refractivity contribution in [3.8, 4) is 11.3 Å². The van der Waals surface area contributed by atoms with E-state index in [2.05, 4.69) is 19.7 Å². The fourth-order valence-corrected chi connectivity index (χ4v) is 3.78. The zero-order chi connectivity index (χ0) is 19.7. The molecule has 0 atom stereocenters. The number of imidazole rings is 1. The number of rotatable bonds is 8. The molecule has 0 aliphatic heterocycles. The van der Waals surface area contributed by atoms with Gasteiger partial charge in [-0.3, -0.25) is 9.20 Å². The Balaban J connectivity index is 1.76. The van der Waals surface area contributed by atoms with Crippen LogP contribution in [0, 0.1) is 6.92 Å². The molecular weight excluding hydrogens is 354 g/mol. The minimum absolute atomic E-state index is 0.379. The second-order valence-corrected chi connectivity index (χ2v) is 7.22. The number of benzene rings is 1. The molecule has 146 valence electrons. The number of nitrogens with one attached hydrogen (secondary N) is 1. The third kappa shape index (κ3) is 3.33. The lowest BCUT2D eigenvalue weighted by molar-refractivity contribution is 0.0999. The van der Waals surface area contributed by atoms with Crippen LogP contribution >= 0.6 is 0 Å². The van der Waals surface area contributed by atoms with Gasteiger partial charge in [0, 0.05) is 43.8 Å². The van der Waals surface area contributed by atoms with Crippen LogP contribution in [-0.2, 0) is 4.74 Å². The summed E-state index contributed by atoms with van der Waals surface area (Å²) in [6.07, 6.45) is 8.75. The number of nitrogens with two attached hydrogens (primary N) is 1. The van der Waals surface area contributed by atoms with Crippen molar-refractivity contribution in [1.82, 2.24) is 14.4 Å². The van der Waals surface area contributed by atoms with Gasteiger partial charge in [0.2, 0.25) is 5.91 Å². The molecule has 28 heavy (non-hydrogen) atoms. The van der Waals surface area contributed by atoms with Crippen LogP contribution in [0.5, 0.6) is 0 Å². The lowest BCUT2D eigenvalue weighted by Gasteiger charge is -2.15. The van der Waals surface area contributed by atoms with Gasteiger partial charge in [-0.15, -0.1) is 0 Å². The summed E-state index contributed by atoms with van der Waals surface area (Å²) in [6.45, 7) is 3.46. The molecule has 3 N–H and O–H groups in total. The monoisotopic (exact) mass is 379 g/mol. The fourth-order valence-electron chi connectivity index (χ4n) is 3.78. The van der Waals surface area contributed by atoms with Crippen molar-refractivity contribution in [3.63, 3.8) is 0 Å². The van der Waals surface area contributed by atoms with E-state index in [4.69, 9.17) is 10.5 Å². The third-order valence-electron chi connectivity index (χ3n) is 5.29. The van der Waals surface area contributed by atoms with Gasteiger partial charge < -0.3 is 15.8 Å². The first kappa shape index (κ1) is 18.4. The van der Waals surface area contributed by atoms with Gasteiger partial charge in [-0.1, -0.05) is 6.07 Å². The van der Waals surface area contributed by atoms with Crippen molar-refractivity contribution < 1.29 is 9.53 Å². The Bertz CT molecular complexity index is 1020.